The Bertz CT molecular complexity index is 321. The summed E-state index contributed by atoms with van der Waals surface area (Å²) in [5.41, 5.74) is 7.15. The van der Waals surface area contributed by atoms with Gasteiger partial charge in [0.25, 0.3) is 0 Å². The van der Waals surface area contributed by atoms with Gasteiger partial charge in [-0.3, -0.25) is 9.58 Å². The minimum atomic E-state index is 0.294. The molecular weight excluding hydrogens is 212 g/mol. The van der Waals surface area contributed by atoms with Gasteiger partial charge in [0.2, 0.25) is 0 Å². The average molecular weight is 238 g/mol. The summed E-state index contributed by atoms with van der Waals surface area (Å²) in [5.74, 6) is 0.709. The van der Waals surface area contributed by atoms with Crippen LogP contribution in [0.1, 0.15) is 38.8 Å². The van der Waals surface area contributed by atoms with Crippen molar-refractivity contribution in [3.05, 3.63) is 18.0 Å². The molecule has 0 spiro atoms. The number of likely N-dealkylation sites (N-methyl/N-ethyl adjacent to an activating group) is 1. The summed E-state index contributed by atoms with van der Waals surface area (Å²) in [6.45, 7) is 9.50. The van der Waals surface area contributed by atoms with E-state index in [9.17, 15) is 0 Å². The van der Waals surface area contributed by atoms with E-state index >= 15 is 0 Å². The fourth-order valence-corrected chi connectivity index (χ4v) is 2.11. The zero-order chi connectivity index (χ0) is 12.8. The molecule has 1 aromatic heterocycles. The third-order valence-electron chi connectivity index (χ3n) is 3.42. The normalized spacial score (nSPS) is 15.2. The molecule has 4 heteroatoms. The molecule has 2 N–H and O–H groups in total. The lowest BCUT2D eigenvalue weighted by atomic mass is 10.0. The predicted molar refractivity (Wildman–Crippen MR) is 71.7 cm³/mol. The third kappa shape index (κ3) is 3.82. The van der Waals surface area contributed by atoms with E-state index in [1.165, 1.54) is 12.0 Å². The maximum atomic E-state index is 5.93. The Balaban J connectivity index is 2.76. The van der Waals surface area contributed by atoms with Crippen molar-refractivity contribution in [1.82, 2.24) is 14.7 Å². The summed E-state index contributed by atoms with van der Waals surface area (Å²) in [5, 5.41) is 4.24. The molecule has 0 aliphatic rings. The molecule has 0 radical (unpaired) electrons. The Morgan fingerprint density at radius 1 is 1.47 bits per heavy atom. The summed E-state index contributed by atoms with van der Waals surface area (Å²) in [6, 6.07) is 0.294. The van der Waals surface area contributed by atoms with Crippen LogP contribution in [0, 0.1) is 5.92 Å². The van der Waals surface area contributed by atoms with Crippen LogP contribution in [0.4, 0.5) is 0 Å². The molecule has 4 nitrogen and oxygen atoms in total. The van der Waals surface area contributed by atoms with Crippen molar-refractivity contribution in [2.24, 2.45) is 18.7 Å². The van der Waals surface area contributed by atoms with Crippen molar-refractivity contribution in [3.8, 4) is 0 Å². The number of aryl methyl sites for hydroxylation is 1. The van der Waals surface area contributed by atoms with E-state index in [0.717, 1.165) is 13.1 Å². The van der Waals surface area contributed by atoms with Crippen LogP contribution in [0.2, 0.25) is 0 Å². The average Bonchev–Trinajstić information content (AvgIpc) is 2.75. The first kappa shape index (κ1) is 14.2. The number of hydrogen-bond donors (Lipinski definition) is 1. The molecule has 98 valence electrons. The molecule has 0 saturated carbocycles. The van der Waals surface area contributed by atoms with Crippen molar-refractivity contribution in [2.45, 2.75) is 33.2 Å². The molecule has 0 amide bonds. The van der Waals surface area contributed by atoms with E-state index in [4.69, 9.17) is 5.73 Å². The summed E-state index contributed by atoms with van der Waals surface area (Å²) in [7, 11) is 1.95. The zero-order valence-electron chi connectivity index (χ0n) is 11.6. The summed E-state index contributed by atoms with van der Waals surface area (Å²) in [4.78, 5) is 2.45. The lowest BCUT2D eigenvalue weighted by molar-refractivity contribution is 0.182. The Labute approximate surface area is 105 Å². The van der Waals surface area contributed by atoms with Crippen molar-refractivity contribution in [1.29, 1.82) is 0 Å². The zero-order valence-corrected chi connectivity index (χ0v) is 11.6. The van der Waals surface area contributed by atoms with Crippen LogP contribution in [-0.2, 0) is 7.05 Å². The van der Waals surface area contributed by atoms with Crippen LogP contribution in [0.15, 0.2) is 12.4 Å². The van der Waals surface area contributed by atoms with Gasteiger partial charge >= 0.3 is 0 Å². The summed E-state index contributed by atoms with van der Waals surface area (Å²) in [6.07, 6.45) is 5.20. The molecule has 1 rings (SSSR count). The van der Waals surface area contributed by atoms with Crippen LogP contribution < -0.4 is 5.73 Å². The molecule has 2 unspecified atom stereocenters. The lowest BCUT2D eigenvalue weighted by Crippen LogP contribution is -2.36. The van der Waals surface area contributed by atoms with Gasteiger partial charge in [0.1, 0.15) is 0 Å². The predicted octanol–water partition coefficient (Wildman–Crippen LogP) is 1.79. The maximum Gasteiger partial charge on any atom is 0.0538 e. The van der Waals surface area contributed by atoms with E-state index in [0.29, 0.717) is 18.5 Å². The molecule has 0 saturated heterocycles. The molecule has 0 fully saturated rings. The Morgan fingerprint density at radius 3 is 2.59 bits per heavy atom. The quantitative estimate of drug-likeness (QED) is 0.788. The largest absolute Gasteiger partial charge is 0.329 e. The molecule has 0 aromatic carbocycles. The smallest absolute Gasteiger partial charge is 0.0538 e. The second-order valence-corrected chi connectivity index (χ2v) is 4.80. The van der Waals surface area contributed by atoms with Crippen LogP contribution in [0.5, 0.6) is 0 Å². The van der Waals surface area contributed by atoms with E-state index in [-0.39, 0.29) is 0 Å². The minimum absolute atomic E-state index is 0.294. The lowest BCUT2D eigenvalue weighted by Gasteiger charge is -2.31. The topological polar surface area (TPSA) is 47.1 Å². The number of rotatable bonds is 7. The Hall–Kier alpha value is -0.870. The first-order valence-electron chi connectivity index (χ1n) is 6.54. The van der Waals surface area contributed by atoms with Crippen molar-refractivity contribution < 1.29 is 0 Å². The highest BCUT2D eigenvalue weighted by molar-refractivity contribution is 5.11. The van der Waals surface area contributed by atoms with Gasteiger partial charge in [0.05, 0.1) is 12.2 Å². The number of aromatic nitrogens is 2. The van der Waals surface area contributed by atoms with E-state index < -0.39 is 0 Å². The second-order valence-electron chi connectivity index (χ2n) is 4.80. The van der Waals surface area contributed by atoms with E-state index in [2.05, 4.69) is 37.0 Å². The molecule has 0 aliphatic heterocycles. The van der Waals surface area contributed by atoms with Gasteiger partial charge in [-0.1, -0.05) is 27.2 Å². The molecule has 2 atom stereocenters. The molecule has 1 heterocycles. The monoisotopic (exact) mass is 238 g/mol. The second kappa shape index (κ2) is 6.77. The fourth-order valence-electron chi connectivity index (χ4n) is 2.11. The maximum absolute atomic E-state index is 5.93. The Morgan fingerprint density at radius 2 is 2.18 bits per heavy atom. The van der Waals surface area contributed by atoms with Gasteiger partial charge in [0.15, 0.2) is 0 Å². The third-order valence-corrected chi connectivity index (χ3v) is 3.42. The Kier molecular flexibility index (Phi) is 5.65. The van der Waals surface area contributed by atoms with Gasteiger partial charge in [-0.15, -0.1) is 0 Å². The number of nitrogens with zero attached hydrogens (tertiary/aromatic N) is 3. The van der Waals surface area contributed by atoms with Gasteiger partial charge in [-0.2, -0.15) is 5.10 Å². The fraction of sp³-hybridized carbons (Fsp3) is 0.769. The highest BCUT2D eigenvalue weighted by Crippen LogP contribution is 2.20. The van der Waals surface area contributed by atoms with E-state index in [1.54, 1.807) is 0 Å². The van der Waals surface area contributed by atoms with E-state index in [1.807, 2.05) is 17.9 Å². The standard InChI is InChI=1S/C13H26N4/c1-5-11(3)9-17(6-2)13(7-14)12-8-15-16(4)10-12/h8,10-11,13H,5-7,9,14H2,1-4H3. The van der Waals surface area contributed by atoms with Crippen LogP contribution in [-0.4, -0.2) is 34.3 Å². The van der Waals surface area contributed by atoms with Gasteiger partial charge in [0, 0.05) is 31.9 Å². The van der Waals surface area contributed by atoms with Crippen molar-refractivity contribution in [2.75, 3.05) is 19.6 Å². The molecule has 1 aromatic rings. The van der Waals surface area contributed by atoms with Crippen LogP contribution in [0.25, 0.3) is 0 Å². The van der Waals surface area contributed by atoms with Crippen molar-refractivity contribution in [3.63, 3.8) is 0 Å². The molecule has 0 aliphatic carbocycles. The van der Waals surface area contributed by atoms with Crippen molar-refractivity contribution >= 4 is 0 Å². The minimum Gasteiger partial charge on any atom is -0.329 e. The SMILES string of the molecule is CCC(C)CN(CC)C(CN)c1cnn(C)c1. The van der Waals surface area contributed by atoms with Gasteiger partial charge in [-0.05, 0) is 12.5 Å². The number of hydrogen-bond acceptors (Lipinski definition) is 3. The molecule has 17 heavy (non-hydrogen) atoms. The number of nitrogens with two attached hydrogens (primary N) is 1. The first-order chi connectivity index (χ1) is 8.12. The summed E-state index contributed by atoms with van der Waals surface area (Å²) >= 11 is 0. The molecule has 0 bridgehead atoms. The van der Waals surface area contributed by atoms with Crippen LogP contribution >= 0.6 is 0 Å². The first-order valence-corrected chi connectivity index (χ1v) is 6.54. The highest BCUT2D eigenvalue weighted by atomic mass is 15.3. The van der Waals surface area contributed by atoms with Gasteiger partial charge < -0.3 is 5.73 Å². The summed E-state index contributed by atoms with van der Waals surface area (Å²) < 4.78 is 1.84. The highest BCUT2D eigenvalue weighted by Gasteiger charge is 2.20. The van der Waals surface area contributed by atoms with Crippen LogP contribution in [0.3, 0.4) is 0 Å². The molecular formula is C13H26N4. The van der Waals surface area contributed by atoms with Gasteiger partial charge in [-0.25, -0.2) is 0 Å².